The standard InChI is InChI=1S/C33H30/c1-25(27-13-5-3-6-14-27)21-23-33(24-22-26(2)28-15-7-4-8-16-28)31-19-11-9-17-29(31)30-18-10-12-20-32(30)33/h3-20H,1-2,21-24H2. The molecule has 0 aromatic heterocycles. The first-order chi connectivity index (χ1) is 16.2. The number of hydrogen-bond donors (Lipinski definition) is 0. The Hall–Kier alpha value is -3.64. The minimum atomic E-state index is -0.0391. The average Bonchev–Trinajstić information content (AvgIpc) is 3.17. The fraction of sp³-hybridized carbons (Fsp3) is 0.152. The van der Waals surface area contributed by atoms with Crippen LogP contribution in [0.1, 0.15) is 47.9 Å². The Bertz CT molecular complexity index is 1170. The van der Waals surface area contributed by atoms with Gasteiger partial charge in [-0.1, -0.05) is 122 Å². The zero-order valence-corrected chi connectivity index (χ0v) is 19.1. The number of allylic oxidation sites excluding steroid dienone is 2. The molecule has 0 atom stereocenters. The van der Waals surface area contributed by atoms with Gasteiger partial charge in [0.05, 0.1) is 0 Å². The predicted molar refractivity (Wildman–Crippen MR) is 142 cm³/mol. The molecule has 0 saturated heterocycles. The van der Waals surface area contributed by atoms with Crippen molar-refractivity contribution in [2.45, 2.75) is 31.1 Å². The SMILES string of the molecule is C=C(CCC1(CCC(=C)c2ccccc2)c2ccccc2-c2ccccc21)c1ccccc1. The molecule has 0 radical (unpaired) electrons. The van der Waals surface area contributed by atoms with E-state index in [0.29, 0.717) is 0 Å². The van der Waals surface area contributed by atoms with Crippen molar-refractivity contribution in [1.82, 2.24) is 0 Å². The van der Waals surface area contributed by atoms with Crippen LogP contribution in [0.25, 0.3) is 22.3 Å². The average molecular weight is 427 g/mol. The van der Waals surface area contributed by atoms with Gasteiger partial charge in [0.1, 0.15) is 0 Å². The monoisotopic (exact) mass is 426 g/mol. The third-order valence-electron chi connectivity index (χ3n) is 7.25. The molecule has 0 aliphatic heterocycles. The first kappa shape index (κ1) is 21.2. The molecule has 0 spiro atoms. The van der Waals surface area contributed by atoms with Crippen molar-refractivity contribution in [1.29, 1.82) is 0 Å². The van der Waals surface area contributed by atoms with Gasteiger partial charge >= 0.3 is 0 Å². The molecule has 1 aliphatic carbocycles. The van der Waals surface area contributed by atoms with E-state index in [-0.39, 0.29) is 5.41 Å². The van der Waals surface area contributed by atoms with Crippen molar-refractivity contribution in [3.63, 3.8) is 0 Å². The molecule has 0 N–H and O–H groups in total. The summed E-state index contributed by atoms with van der Waals surface area (Å²) < 4.78 is 0. The summed E-state index contributed by atoms with van der Waals surface area (Å²) in [5, 5.41) is 0. The Morgan fingerprint density at radius 2 is 0.848 bits per heavy atom. The summed E-state index contributed by atoms with van der Waals surface area (Å²) in [5.41, 5.74) is 10.5. The van der Waals surface area contributed by atoms with Crippen molar-refractivity contribution >= 4 is 11.1 Å². The highest BCUT2D eigenvalue weighted by atomic mass is 14.4. The van der Waals surface area contributed by atoms with E-state index < -0.39 is 0 Å². The van der Waals surface area contributed by atoms with Crippen LogP contribution in [0, 0.1) is 0 Å². The lowest BCUT2D eigenvalue weighted by molar-refractivity contribution is 0.459. The van der Waals surface area contributed by atoms with E-state index in [0.717, 1.165) is 25.7 Å². The van der Waals surface area contributed by atoms with Gasteiger partial charge in [-0.2, -0.15) is 0 Å². The number of fused-ring (bicyclic) bond motifs is 3. The summed E-state index contributed by atoms with van der Waals surface area (Å²) in [6.07, 6.45) is 4.00. The normalized spacial score (nSPS) is 13.2. The molecular weight excluding hydrogens is 396 g/mol. The Labute approximate surface area is 198 Å². The quantitative estimate of drug-likeness (QED) is 0.264. The molecule has 0 heterocycles. The van der Waals surface area contributed by atoms with Crippen LogP contribution in [0.3, 0.4) is 0 Å². The molecule has 0 saturated carbocycles. The lowest BCUT2D eigenvalue weighted by atomic mass is 9.70. The highest BCUT2D eigenvalue weighted by Crippen LogP contribution is 2.54. The second-order valence-electron chi connectivity index (χ2n) is 9.11. The maximum absolute atomic E-state index is 4.45. The number of rotatable bonds is 8. The molecular formula is C33H30. The van der Waals surface area contributed by atoms with E-state index in [2.05, 4.69) is 122 Å². The summed E-state index contributed by atoms with van der Waals surface area (Å²) in [4.78, 5) is 0. The van der Waals surface area contributed by atoms with E-state index in [1.165, 1.54) is 44.5 Å². The molecule has 162 valence electrons. The van der Waals surface area contributed by atoms with Crippen LogP contribution in [-0.4, -0.2) is 0 Å². The van der Waals surface area contributed by atoms with Gasteiger partial charge in [0.25, 0.3) is 0 Å². The zero-order chi connectivity index (χ0) is 22.7. The minimum absolute atomic E-state index is 0.0391. The van der Waals surface area contributed by atoms with Gasteiger partial charge in [-0.25, -0.2) is 0 Å². The number of hydrogen-bond acceptors (Lipinski definition) is 0. The van der Waals surface area contributed by atoms with Gasteiger partial charge in [-0.3, -0.25) is 0 Å². The van der Waals surface area contributed by atoms with Gasteiger partial charge in [-0.15, -0.1) is 0 Å². The third-order valence-corrected chi connectivity index (χ3v) is 7.25. The molecule has 4 aromatic rings. The van der Waals surface area contributed by atoms with Crippen molar-refractivity contribution in [3.8, 4) is 11.1 Å². The highest BCUT2D eigenvalue weighted by molar-refractivity contribution is 5.81. The lowest BCUT2D eigenvalue weighted by Crippen LogP contribution is -2.25. The maximum atomic E-state index is 4.45. The summed E-state index contributed by atoms with van der Waals surface area (Å²) in [6, 6.07) is 39.2. The van der Waals surface area contributed by atoms with Crippen molar-refractivity contribution in [2.75, 3.05) is 0 Å². The third kappa shape index (κ3) is 3.98. The van der Waals surface area contributed by atoms with Crippen molar-refractivity contribution < 1.29 is 0 Å². The van der Waals surface area contributed by atoms with E-state index in [4.69, 9.17) is 0 Å². The van der Waals surface area contributed by atoms with Gasteiger partial charge in [0.15, 0.2) is 0 Å². The predicted octanol–water partition coefficient (Wildman–Crippen LogP) is 8.94. The molecule has 33 heavy (non-hydrogen) atoms. The second kappa shape index (κ2) is 9.08. The highest BCUT2D eigenvalue weighted by Gasteiger charge is 2.42. The second-order valence-corrected chi connectivity index (χ2v) is 9.11. The van der Waals surface area contributed by atoms with E-state index in [1.54, 1.807) is 0 Å². The number of benzene rings is 4. The summed E-state index contributed by atoms with van der Waals surface area (Å²) in [6.45, 7) is 8.91. The Morgan fingerprint density at radius 1 is 0.485 bits per heavy atom. The largest absolute Gasteiger partial charge is 0.0952 e. The first-order valence-electron chi connectivity index (χ1n) is 11.8. The maximum Gasteiger partial charge on any atom is 0.0221 e. The Morgan fingerprint density at radius 3 is 1.27 bits per heavy atom. The lowest BCUT2D eigenvalue weighted by Gasteiger charge is -2.33. The molecule has 0 unspecified atom stereocenters. The molecule has 0 bridgehead atoms. The van der Waals surface area contributed by atoms with Crippen LogP contribution in [0.15, 0.2) is 122 Å². The minimum Gasteiger partial charge on any atom is -0.0952 e. The fourth-order valence-corrected chi connectivity index (χ4v) is 5.44. The topological polar surface area (TPSA) is 0 Å². The van der Waals surface area contributed by atoms with Gasteiger partial charge in [0, 0.05) is 5.41 Å². The molecule has 1 aliphatic rings. The molecule has 0 fully saturated rings. The van der Waals surface area contributed by atoms with Crippen LogP contribution in [0.2, 0.25) is 0 Å². The molecule has 4 aromatic carbocycles. The van der Waals surface area contributed by atoms with Crippen molar-refractivity contribution in [2.24, 2.45) is 0 Å². The van der Waals surface area contributed by atoms with Gasteiger partial charge in [0.2, 0.25) is 0 Å². The molecule has 0 heteroatoms. The van der Waals surface area contributed by atoms with Crippen LogP contribution < -0.4 is 0 Å². The molecule has 0 nitrogen and oxygen atoms in total. The van der Waals surface area contributed by atoms with Crippen LogP contribution in [-0.2, 0) is 5.41 Å². The first-order valence-corrected chi connectivity index (χ1v) is 11.8. The van der Waals surface area contributed by atoms with E-state index in [1.807, 2.05) is 0 Å². The van der Waals surface area contributed by atoms with E-state index in [9.17, 15) is 0 Å². The fourth-order valence-electron chi connectivity index (χ4n) is 5.44. The van der Waals surface area contributed by atoms with E-state index >= 15 is 0 Å². The van der Waals surface area contributed by atoms with Crippen LogP contribution >= 0.6 is 0 Å². The summed E-state index contributed by atoms with van der Waals surface area (Å²) >= 11 is 0. The smallest absolute Gasteiger partial charge is 0.0221 e. The van der Waals surface area contributed by atoms with Gasteiger partial charge < -0.3 is 0 Å². The Kier molecular flexibility index (Phi) is 5.84. The summed E-state index contributed by atoms with van der Waals surface area (Å²) in [5.74, 6) is 0. The molecule has 5 rings (SSSR count). The van der Waals surface area contributed by atoms with Gasteiger partial charge in [-0.05, 0) is 70.2 Å². The molecule has 0 amide bonds. The summed E-state index contributed by atoms with van der Waals surface area (Å²) in [7, 11) is 0. The van der Waals surface area contributed by atoms with Crippen LogP contribution in [0.5, 0.6) is 0 Å². The zero-order valence-electron chi connectivity index (χ0n) is 19.1. The van der Waals surface area contributed by atoms with Crippen molar-refractivity contribution in [3.05, 3.63) is 145 Å². The van der Waals surface area contributed by atoms with Crippen LogP contribution in [0.4, 0.5) is 0 Å². The Balaban J connectivity index is 1.51.